The van der Waals surface area contributed by atoms with Crippen LogP contribution >= 0.6 is 12.2 Å². The Morgan fingerprint density at radius 2 is 2.08 bits per heavy atom. The minimum Gasteiger partial charge on any atom is -0.375 e. The van der Waals surface area contributed by atoms with Crippen molar-refractivity contribution >= 4 is 27.4 Å². The maximum absolute atomic E-state index is 10.3. The Morgan fingerprint density at radius 1 is 1.46 bits per heavy atom. The average Bonchev–Trinajstić information content (AvgIpc) is 1.93. The summed E-state index contributed by atoms with van der Waals surface area (Å²) >= 11 is 4.50. The van der Waals surface area contributed by atoms with E-state index in [1.165, 1.54) is 0 Å². The normalized spacial score (nSPS) is 11.2. The fraction of sp³-hybridized carbons (Fsp3) is 0.800. The molecule has 0 fully saturated rings. The lowest BCUT2D eigenvalue weighted by Crippen LogP contribution is -2.41. The van der Waals surface area contributed by atoms with Gasteiger partial charge in [-0.1, -0.05) is 0 Å². The highest BCUT2D eigenvalue weighted by molar-refractivity contribution is 7.85. The first kappa shape index (κ1) is 12.6. The van der Waals surface area contributed by atoms with Crippen LogP contribution in [0, 0.1) is 0 Å². The zero-order valence-corrected chi connectivity index (χ0v) is 8.62. The number of hydrogen-bond acceptors (Lipinski definition) is 4. The van der Waals surface area contributed by atoms with Crippen molar-refractivity contribution < 1.29 is 13.0 Å². The van der Waals surface area contributed by atoms with Crippen LogP contribution in [0.1, 0.15) is 12.8 Å². The van der Waals surface area contributed by atoms with Crippen LogP contribution in [0.2, 0.25) is 0 Å². The molecule has 5 N–H and O–H groups in total. The molecule has 0 unspecified atom stereocenters. The number of nitrogens with two attached hydrogens (primary N) is 1. The Hall–Kier alpha value is -0.440. The second-order valence-corrected chi connectivity index (χ2v) is 4.42. The third kappa shape index (κ3) is 11.6. The Kier molecular flexibility index (Phi) is 5.88. The molecule has 0 aromatic carbocycles. The van der Waals surface area contributed by atoms with E-state index in [0.29, 0.717) is 19.4 Å². The molecular formula is C5H13N3O3S2. The van der Waals surface area contributed by atoms with Gasteiger partial charge in [-0.05, 0) is 25.1 Å². The summed E-state index contributed by atoms with van der Waals surface area (Å²) in [5.74, 6) is -0.220. The molecule has 6 nitrogen and oxygen atoms in total. The summed E-state index contributed by atoms with van der Waals surface area (Å²) < 4.78 is 28.9. The van der Waals surface area contributed by atoms with Crippen molar-refractivity contribution in [3.63, 3.8) is 0 Å². The van der Waals surface area contributed by atoms with Crippen LogP contribution in [0.5, 0.6) is 0 Å². The molecule has 0 aliphatic heterocycles. The maximum Gasteiger partial charge on any atom is 0.264 e. The van der Waals surface area contributed by atoms with E-state index in [9.17, 15) is 8.42 Å². The second-order valence-electron chi connectivity index (χ2n) is 2.41. The molecule has 0 amide bonds. The standard InChI is InChI=1S/C5H13N3O3S2/c6-5(12)8-7-3-1-2-4-13(9,10)11/h7H,1-4H2,(H3,6,8,12)(H,9,10,11). The number of nitrogens with one attached hydrogen (secondary N) is 2. The van der Waals surface area contributed by atoms with Gasteiger partial charge < -0.3 is 5.73 Å². The highest BCUT2D eigenvalue weighted by atomic mass is 32.2. The number of thiocarbonyl (C=S) groups is 1. The molecule has 78 valence electrons. The lowest BCUT2D eigenvalue weighted by atomic mass is 10.3. The Labute approximate surface area is 82.6 Å². The lowest BCUT2D eigenvalue weighted by molar-refractivity contribution is 0.479. The first-order chi connectivity index (χ1) is 5.92. The summed E-state index contributed by atoms with van der Waals surface area (Å²) in [5, 5.41) is 0.134. The summed E-state index contributed by atoms with van der Waals surface area (Å²) in [5.41, 5.74) is 10.3. The topological polar surface area (TPSA) is 104 Å². The van der Waals surface area contributed by atoms with Crippen molar-refractivity contribution in [1.82, 2.24) is 10.9 Å². The van der Waals surface area contributed by atoms with Crippen LogP contribution in [0.4, 0.5) is 0 Å². The van der Waals surface area contributed by atoms with Gasteiger partial charge >= 0.3 is 0 Å². The van der Waals surface area contributed by atoms with E-state index in [0.717, 1.165) is 0 Å². The first-order valence-corrected chi connectivity index (χ1v) is 5.67. The number of unbranched alkanes of at least 4 members (excludes halogenated alkanes) is 1. The van der Waals surface area contributed by atoms with Crippen LogP contribution in [0.3, 0.4) is 0 Å². The van der Waals surface area contributed by atoms with Crippen LogP contribution < -0.4 is 16.6 Å². The summed E-state index contributed by atoms with van der Waals surface area (Å²) in [6.07, 6.45) is 1.00. The van der Waals surface area contributed by atoms with Crippen molar-refractivity contribution in [2.45, 2.75) is 12.8 Å². The van der Waals surface area contributed by atoms with Crippen molar-refractivity contribution in [2.24, 2.45) is 5.73 Å². The molecule has 0 saturated carbocycles. The van der Waals surface area contributed by atoms with E-state index in [1.807, 2.05) is 0 Å². The average molecular weight is 227 g/mol. The molecule has 0 rings (SSSR count). The largest absolute Gasteiger partial charge is 0.375 e. The van der Waals surface area contributed by atoms with Crippen molar-refractivity contribution in [1.29, 1.82) is 0 Å². The minimum atomic E-state index is -3.83. The molecule has 0 aromatic heterocycles. The molecule has 0 atom stereocenters. The lowest BCUT2D eigenvalue weighted by Gasteiger charge is -2.04. The first-order valence-electron chi connectivity index (χ1n) is 3.65. The van der Waals surface area contributed by atoms with Crippen molar-refractivity contribution in [3.05, 3.63) is 0 Å². The highest BCUT2D eigenvalue weighted by Crippen LogP contribution is 1.91. The molecule has 8 heteroatoms. The Morgan fingerprint density at radius 3 is 2.54 bits per heavy atom. The van der Waals surface area contributed by atoms with E-state index in [4.69, 9.17) is 10.3 Å². The van der Waals surface area contributed by atoms with E-state index < -0.39 is 10.1 Å². The summed E-state index contributed by atoms with van der Waals surface area (Å²) in [6.45, 7) is 0.535. The van der Waals surface area contributed by atoms with Crippen LogP contribution in [-0.2, 0) is 10.1 Å². The summed E-state index contributed by atoms with van der Waals surface area (Å²) in [4.78, 5) is 0. The zero-order valence-electron chi connectivity index (χ0n) is 6.99. The molecule has 0 bridgehead atoms. The Bertz CT molecular complexity index is 252. The van der Waals surface area contributed by atoms with Gasteiger partial charge in [-0.15, -0.1) is 0 Å². The van der Waals surface area contributed by atoms with Gasteiger partial charge in [0.15, 0.2) is 5.11 Å². The number of rotatable bonds is 6. The number of hydrogen-bond donors (Lipinski definition) is 4. The van der Waals surface area contributed by atoms with Crippen molar-refractivity contribution in [3.8, 4) is 0 Å². The fourth-order valence-corrected chi connectivity index (χ4v) is 1.29. The SMILES string of the molecule is NC(=S)NNCCCCS(=O)(=O)O. The highest BCUT2D eigenvalue weighted by Gasteiger charge is 2.02. The van der Waals surface area contributed by atoms with Gasteiger partial charge in [0.25, 0.3) is 10.1 Å². The molecule has 0 saturated heterocycles. The quantitative estimate of drug-likeness (QED) is 0.199. The number of hydrazine groups is 1. The molecule has 0 heterocycles. The molecule has 0 aliphatic carbocycles. The van der Waals surface area contributed by atoms with Gasteiger partial charge in [0.1, 0.15) is 0 Å². The van der Waals surface area contributed by atoms with E-state index in [-0.39, 0.29) is 10.9 Å². The third-order valence-electron chi connectivity index (χ3n) is 1.17. The van der Waals surface area contributed by atoms with Gasteiger partial charge in [0.2, 0.25) is 0 Å². The Balaban J connectivity index is 3.23. The smallest absolute Gasteiger partial charge is 0.264 e. The summed E-state index contributed by atoms with van der Waals surface area (Å²) in [7, 11) is -3.83. The van der Waals surface area contributed by atoms with Crippen LogP contribution in [-0.4, -0.2) is 30.4 Å². The van der Waals surface area contributed by atoms with Crippen molar-refractivity contribution in [2.75, 3.05) is 12.3 Å². The minimum absolute atomic E-state index is 0.134. The van der Waals surface area contributed by atoms with Gasteiger partial charge in [0, 0.05) is 6.54 Å². The zero-order chi connectivity index (χ0) is 10.3. The molecular weight excluding hydrogens is 214 g/mol. The van der Waals surface area contributed by atoms with Crippen LogP contribution in [0.15, 0.2) is 0 Å². The molecule has 0 radical (unpaired) electrons. The molecule has 0 aliphatic rings. The predicted octanol–water partition coefficient (Wildman–Crippen LogP) is -1.01. The van der Waals surface area contributed by atoms with E-state index in [2.05, 4.69) is 23.1 Å². The van der Waals surface area contributed by atoms with Gasteiger partial charge in [-0.25, -0.2) is 5.43 Å². The van der Waals surface area contributed by atoms with Crippen LogP contribution in [0.25, 0.3) is 0 Å². The molecule has 0 spiro atoms. The molecule has 0 aromatic rings. The second kappa shape index (κ2) is 6.08. The maximum atomic E-state index is 10.3. The summed E-state index contributed by atoms with van der Waals surface area (Å²) in [6, 6.07) is 0. The third-order valence-corrected chi connectivity index (χ3v) is 2.07. The van der Waals surface area contributed by atoms with Gasteiger partial charge in [-0.3, -0.25) is 9.98 Å². The fourth-order valence-electron chi connectivity index (χ4n) is 0.647. The van der Waals surface area contributed by atoms with E-state index in [1.54, 1.807) is 0 Å². The predicted molar refractivity (Wildman–Crippen MR) is 53.6 cm³/mol. The molecule has 13 heavy (non-hydrogen) atoms. The monoisotopic (exact) mass is 227 g/mol. The van der Waals surface area contributed by atoms with Gasteiger partial charge in [0.05, 0.1) is 5.75 Å². The van der Waals surface area contributed by atoms with Gasteiger partial charge in [-0.2, -0.15) is 8.42 Å². The van der Waals surface area contributed by atoms with E-state index >= 15 is 0 Å².